The summed E-state index contributed by atoms with van der Waals surface area (Å²) in [5, 5.41) is 7.29. The summed E-state index contributed by atoms with van der Waals surface area (Å²) in [6.45, 7) is 4.62. The second-order valence-corrected chi connectivity index (χ2v) is 10.5. The molecule has 2 aliphatic rings. The Bertz CT molecular complexity index is 1430. The molecule has 2 aliphatic heterocycles. The fourth-order valence-corrected chi connectivity index (χ4v) is 5.56. The number of methoxy groups -OCH3 is 1. The Labute approximate surface area is 238 Å². The highest BCUT2D eigenvalue weighted by atomic mass is 16.5. The number of rotatable bonds is 5. The average Bonchev–Trinajstić information content (AvgIpc) is 3.65. The molecule has 0 unspecified atom stereocenters. The van der Waals surface area contributed by atoms with Gasteiger partial charge in [0.25, 0.3) is 5.91 Å². The van der Waals surface area contributed by atoms with Crippen molar-refractivity contribution in [2.24, 2.45) is 7.05 Å². The van der Waals surface area contributed by atoms with Crippen LogP contribution in [-0.2, 0) is 23.1 Å². The Morgan fingerprint density at radius 1 is 1.17 bits per heavy atom. The van der Waals surface area contributed by atoms with Crippen molar-refractivity contribution in [3.63, 3.8) is 0 Å². The zero-order valence-electron chi connectivity index (χ0n) is 23.9. The number of carbonyl (C=O) groups excluding carboxylic acids is 3. The maximum absolute atomic E-state index is 13.4. The molecule has 1 aromatic carbocycles. The van der Waals surface area contributed by atoms with Gasteiger partial charge in [-0.05, 0) is 43.5 Å². The van der Waals surface area contributed by atoms with Gasteiger partial charge in [-0.2, -0.15) is 5.10 Å². The zero-order valence-corrected chi connectivity index (χ0v) is 23.9. The summed E-state index contributed by atoms with van der Waals surface area (Å²) < 4.78 is 18.9. The smallest absolute Gasteiger partial charge is 0.292 e. The van der Waals surface area contributed by atoms with Gasteiger partial charge in [-0.15, -0.1) is 0 Å². The number of fused-ring (bicyclic) bond motifs is 4. The lowest BCUT2D eigenvalue weighted by Crippen LogP contribution is -2.47. The number of carbonyl (C=O) groups is 3. The Morgan fingerprint density at radius 2 is 2.00 bits per heavy atom. The average molecular weight is 565 g/mol. The molecule has 1 N–H and O–H groups in total. The molecule has 218 valence electrons. The molecule has 5 rings (SSSR count). The highest BCUT2D eigenvalue weighted by Gasteiger charge is 2.38. The predicted molar refractivity (Wildman–Crippen MR) is 148 cm³/mol. The first-order valence-corrected chi connectivity index (χ1v) is 13.8. The van der Waals surface area contributed by atoms with Crippen LogP contribution < -0.4 is 14.8 Å². The Balaban J connectivity index is 1.39. The van der Waals surface area contributed by atoms with Gasteiger partial charge >= 0.3 is 0 Å². The maximum atomic E-state index is 13.4. The van der Waals surface area contributed by atoms with E-state index in [2.05, 4.69) is 15.4 Å². The molecule has 0 aliphatic carbocycles. The van der Waals surface area contributed by atoms with Crippen molar-refractivity contribution in [2.45, 2.75) is 45.1 Å². The second kappa shape index (κ2) is 12.0. The Hall–Kier alpha value is -4.35. The first-order chi connectivity index (χ1) is 19.7. The van der Waals surface area contributed by atoms with E-state index >= 15 is 0 Å². The van der Waals surface area contributed by atoms with Gasteiger partial charge in [-0.1, -0.05) is 6.07 Å². The fraction of sp³-hybridized carbons (Fsp3) is 0.483. The summed E-state index contributed by atoms with van der Waals surface area (Å²) in [5.74, 6) is 0.808. The number of nitrogens with one attached hydrogen (secondary N) is 1. The molecule has 2 bridgehead atoms. The van der Waals surface area contributed by atoms with E-state index in [0.717, 1.165) is 11.3 Å². The number of hydrogen-bond acceptors (Lipinski definition) is 8. The number of aromatic nitrogens is 3. The summed E-state index contributed by atoms with van der Waals surface area (Å²) in [6.07, 6.45) is 3.12. The first-order valence-electron chi connectivity index (χ1n) is 13.8. The van der Waals surface area contributed by atoms with Crippen LogP contribution in [0.25, 0.3) is 0 Å². The molecule has 12 heteroatoms. The molecule has 2 atom stereocenters. The van der Waals surface area contributed by atoms with Gasteiger partial charge < -0.3 is 29.0 Å². The third-order valence-electron chi connectivity index (χ3n) is 7.70. The van der Waals surface area contributed by atoms with Gasteiger partial charge in [0.1, 0.15) is 0 Å². The molecular formula is C29H36N6O6. The number of nitrogens with zero attached hydrogens (tertiary/aromatic N) is 5. The van der Waals surface area contributed by atoms with Crippen LogP contribution in [0.3, 0.4) is 0 Å². The van der Waals surface area contributed by atoms with Gasteiger partial charge in [0.15, 0.2) is 17.4 Å². The van der Waals surface area contributed by atoms with Gasteiger partial charge in [0.2, 0.25) is 17.6 Å². The minimum absolute atomic E-state index is 0.00650. The molecule has 0 spiro atoms. The topological polar surface area (TPSA) is 132 Å². The van der Waals surface area contributed by atoms with E-state index in [1.165, 1.54) is 4.90 Å². The number of amides is 3. The molecule has 2 aromatic heterocycles. The maximum Gasteiger partial charge on any atom is 0.292 e. The van der Waals surface area contributed by atoms with E-state index in [0.29, 0.717) is 62.0 Å². The third kappa shape index (κ3) is 6.21. The highest BCUT2D eigenvalue weighted by Crippen LogP contribution is 2.35. The van der Waals surface area contributed by atoms with Crippen LogP contribution in [-0.4, -0.2) is 88.2 Å². The van der Waals surface area contributed by atoms with Crippen LogP contribution >= 0.6 is 0 Å². The number of aryl methyl sites for hydroxylation is 4. The molecule has 0 saturated carbocycles. The normalized spacial score (nSPS) is 19.4. The number of oxazole rings is 1. The van der Waals surface area contributed by atoms with Crippen LogP contribution in [0.4, 0.5) is 0 Å². The zero-order chi connectivity index (χ0) is 29.1. The van der Waals surface area contributed by atoms with Crippen LogP contribution in [0.5, 0.6) is 11.5 Å². The Kier molecular flexibility index (Phi) is 8.27. The van der Waals surface area contributed by atoms with Gasteiger partial charge in [0, 0.05) is 57.8 Å². The molecule has 3 aromatic rings. The van der Waals surface area contributed by atoms with E-state index in [-0.39, 0.29) is 42.6 Å². The van der Waals surface area contributed by atoms with E-state index in [9.17, 15) is 14.4 Å². The van der Waals surface area contributed by atoms with Crippen LogP contribution in [0.1, 0.15) is 52.2 Å². The van der Waals surface area contributed by atoms with E-state index < -0.39 is 5.91 Å². The molecule has 41 heavy (non-hydrogen) atoms. The van der Waals surface area contributed by atoms with E-state index in [4.69, 9.17) is 13.9 Å². The lowest BCUT2D eigenvalue weighted by Gasteiger charge is -2.24. The van der Waals surface area contributed by atoms with Crippen molar-refractivity contribution in [1.82, 2.24) is 29.9 Å². The number of likely N-dealkylation sites (tertiary alicyclic amines) is 1. The fourth-order valence-electron chi connectivity index (χ4n) is 5.56. The van der Waals surface area contributed by atoms with Crippen molar-refractivity contribution in [3.8, 4) is 11.5 Å². The molecule has 1 fully saturated rings. The predicted octanol–water partition coefficient (Wildman–Crippen LogP) is 2.00. The third-order valence-corrected chi connectivity index (χ3v) is 7.70. The molecule has 3 amide bonds. The number of ether oxygens (including phenoxy) is 2. The summed E-state index contributed by atoms with van der Waals surface area (Å²) in [6, 6.07) is 7.27. The minimum Gasteiger partial charge on any atom is -0.493 e. The van der Waals surface area contributed by atoms with Gasteiger partial charge in [0.05, 0.1) is 32.0 Å². The van der Waals surface area contributed by atoms with E-state index in [1.54, 1.807) is 36.7 Å². The van der Waals surface area contributed by atoms with Gasteiger partial charge in [-0.3, -0.25) is 19.1 Å². The van der Waals surface area contributed by atoms with Crippen molar-refractivity contribution in [1.29, 1.82) is 0 Å². The lowest BCUT2D eigenvalue weighted by atomic mass is 9.94. The SMILES string of the molecule is COc1ccc2cc1OCCCN(C(=O)c1oc(C)nc1C)CC(=O)N[C@H]1CN(C(=O)CCc3ccnn3C)C[C@H]21. The van der Waals surface area contributed by atoms with Crippen molar-refractivity contribution < 1.29 is 28.3 Å². The summed E-state index contributed by atoms with van der Waals surface area (Å²) in [4.78, 5) is 47.5. The quantitative estimate of drug-likeness (QED) is 0.498. The molecule has 1 saturated heterocycles. The van der Waals surface area contributed by atoms with Crippen molar-refractivity contribution in [2.75, 3.05) is 39.9 Å². The number of benzene rings is 1. The largest absolute Gasteiger partial charge is 0.493 e. The van der Waals surface area contributed by atoms with E-state index in [1.807, 2.05) is 31.3 Å². The summed E-state index contributed by atoms with van der Waals surface area (Å²) >= 11 is 0. The summed E-state index contributed by atoms with van der Waals surface area (Å²) in [5.41, 5.74) is 2.39. The second-order valence-electron chi connectivity index (χ2n) is 10.5. The van der Waals surface area contributed by atoms with Crippen LogP contribution in [0, 0.1) is 13.8 Å². The highest BCUT2D eigenvalue weighted by molar-refractivity contribution is 5.95. The van der Waals surface area contributed by atoms with Crippen molar-refractivity contribution >= 4 is 17.7 Å². The monoisotopic (exact) mass is 564 g/mol. The lowest BCUT2D eigenvalue weighted by molar-refractivity contribution is -0.130. The molecule has 4 heterocycles. The number of hydrogen-bond donors (Lipinski definition) is 1. The van der Waals surface area contributed by atoms with Crippen LogP contribution in [0.2, 0.25) is 0 Å². The minimum atomic E-state index is -0.402. The van der Waals surface area contributed by atoms with Crippen molar-refractivity contribution in [3.05, 3.63) is 59.1 Å². The first kappa shape index (κ1) is 28.2. The molecule has 0 radical (unpaired) electrons. The molecule has 12 nitrogen and oxygen atoms in total. The van der Waals surface area contributed by atoms with Gasteiger partial charge in [-0.25, -0.2) is 4.98 Å². The standard InChI is InChI=1S/C29H36N6O6/c1-18-28(41-19(2)31-18)29(38)34-12-5-13-40-25-14-20(6-8-24(25)39-4)22-15-35(16-23(22)32-26(36)17-34)27(37)9-7-21-10-11-30-33(21)3/h6,8,10-11,14,22-23H,5,7,9,12-13,15-17H2,1-4H3,(H,32,36)/t22-,23+/m1/s1. The van der Waals surface area contributed by atoms with Crippen LogP contribution in [0.15, 0.2) is 34.9 Å². The summed E-state index contributed by atoms with van der Waals surface area (Å²) in [7, 11) is 3.44. The molecular weight excluding hydrogens is 528 g/mol. The Morgan fingerprint density at radius 3 is 2.71 bits per heavy atom.